The third-order valence-corrected chi connectivity index (χ3v) is 6.22. The topological polar surface area (TPSA) is 81.4 Å². The van der Waals surface area contributed by atoms with Gasteiger partial charge in [-0.1, -0.05) is 53.2 Å². The summed E-state index contributed by atoms with van der Waals surface area (Å²) in [5, 5.41) is 14.4. The molecule has 1 heterocycles. The second-order valence-corrected chi connectivity index (χ2v) is 8.74. The molecule has 7 nitrogen and oxygen atoms in total. The number of rotatable bonds is 8. The Morgan fingerprint density at radius 1 is 1.06 bits per heavy atom. The molecule has 0 radical (unpaired) electrons. The van der Waals surface area contributed by atoms with Crippen molar-refractivity contribution in [2.24, 2.45) is 5.10 Å². The average Bonchev–Trinajstić information content (AvgIpc) is 3.28. The van der Waals surface area contributed by atoms with E-state index in [1.165, 1.54) is 18.0 Å². The van der Waals surface area contributed by atoms with Gasteiger partial charge in [0.25, 0.3) is 5.91 Å². The molecule has 172 valence electrons. The van der Waals surface area contributed by atoms with Gasteiger partial charge in [-0.3, -0.25) is 9.36 Å². The number of carbonyl (C=O) groups excluding carboxylic acids is 1. The third-order valence-electron chi connectivity index (χ3n) is 4.70. The van der Waals surface area contributed by atoms with Gasteiger partial charge in [-0.2, -0.15) is 5.10 Å². The molecule has 0 bridgehead atoms. The summed E-state index contributed by atoms with van der Waals surface area (Å²) < 4.78 is 7.12. The molecule has 0 aliphatic heterocycles. The van der Waals surface area contributed by atoms with Crippen LogP contribution < -0.4 is 10.2 Å². The van der Waals surface area contributed by atoms with Crippen LogP contribution in [0, 0.1) is 0 Å². The van der Waals surface area contributed by atoms with E-state index in [-0.39, 0.29) is 11.7 Å². The van der Waals surface area contributed by atoms with Gasteiger partial charge in [0.2, 0.25) is 0 Å². The fourth-order valence-corrected chi connectivity index (χ4v) is 4.08. The lowest BCUT2D eigenvalue weighted by Gasteiger charge is -2.11. The van der Waals surface area contributed by atoms with Crippen LogP contribution in [0.15, 0.2) is 83.1 Å². The maximum absolute atomic E-state index is 12.4. The predicted octanol–water partition coefficient (Wildman–Crippen LogP) is 5.49. The monoisotopic (exact) mass is 511 g/mol. The smallest absolute Gasteiger partial charge is 0.250 e. The standard InChI is InChI=1S/C24H19Cl2N5O2S/c1-33-20-12-6-16(7-13-20)23-29-30-24(31(23)19-10-8-18(25)9-11-19)34-15-22(32)28-27-14-17-4-2-3-5-21(17)26/h2-14H,15H2,1H3,(H,28,32)/b27-14+. The van der Waals surface area contributed by atoms with E-state index in [1.807, 2.05) is 59.2 Å². The van der Waals surface area contributed by atoms with Crippen molar-refractivity contribution in [3.05, 3.63) is 88.4 Å². The van der Waals surface area contributed by atoms with E-state index in [1.54, 1.807) is 25.3 Å². The van der Waals surface area contributed by atoms with Crippen molar-refractivity contribution < 1.29 is 9.53 Å². The van der Waals surface area contributed by atoms with E-state index in [2.05, 4.69) is 20.7 Å². The van der Waals surface area contributed by atoms with E-state index in [9.17, 15) is 4.79 Å². The zero-order valence-corrected chi connectivity index (χ0v) is 20.3. The Bertz CT molecular complexity index is 1310. The van der Waals surface area contributed by atoms with Gasteiger partial charge < -0.3 is 4.74 Å². The molecule has 0 aliphatic rings. The van der Waals surface area contributed by atoms with Gasteiger partial charge in [-0.25, -0.2) is 5.43 Å². The Kier molecular flexibility index (Phi) is 7.84. The van der Waals surface area contributed by atoms with Crippen LogP contribution in [0.2, 0.25) is 10.0 Å². The van der Waals surface area contributed by atoms with Crippen molar-refractivity contribution in [3.8, 4) is 22.8 Å². The summed E-state index contributed by atoms with van der Waals surface area (Å²) in [4.78, 5) is 12.4. The van der Waals surface area contributed by atoms with Crippen molar-refractivity contribution in [3.63, 3.8) is 0 Å². The number of halogens is 2. The minimum Gasteiger partial charge on any atom is -0.497 e. The van der Waals surface area contributed by atoms with Crippen molar-refractivity contribution in [2.75, 3.05) is 12.9 Å². The average molecular weight is 512 g/mol. The molecule has 0 spiro atoms. The van der Waals surface area contributed by atoms with Gasteiger partial charge in [0, 0.05) is 26.9 Å². The number of aromatic nitrogens is 3. The summed E-state index contributed by atoms with van der Waals surface area (Å²) in [5.41, 5.74) is 4.89. The van der Waals surface area contributed by atoms with Crippen molar-refractivity contribution >= 4 is 47.1 Å². The summed E-state index contributed by atoms with van der Waals surface area (Å²) in [6.07, 6.45) is 1.50. The largest absolute Gasteiger partial charge is 0.497 e. The van der Waals surface area contributed by atoms with E-state index in [0.29, 0.717) is 26.6 Å². The Hall–Kier alpha value is -3.33. The van der Waals surface area contributed by atoms with Crippen LogP contribution in [0.25, 0.3) is 17.1 Å². The summed E-state index contributed by atoms with van der Waals surface area (Å²) in [5.74, 6) is 1.17. The zero-order valence-electron chi connectivity index (χ0n) is 18.0. The molecular weight excluding hydrogens is 493 g/mol. The number of nitrogens with zero attached hydrogens (tertiary/aromatic N) is 4. The highest BCUT2D eigenvalue weighted by atomic mass is 35.5. The van der Waals surface area contributed by atoms with E-state index in [4.69, 9.17) is 27.9 Å². The van der Waals surface area contributed by atoms with Crippen LogP contribution in [-0.2, 0) is 4.79 Å². The highest BCUT2D eigenvalue weighted by Crippen LogP contribution is 2.29. The molecule has 3 aromatic carbocycles. The molecule has 0 aliphatic carbocycles. The summed E-state index contributed by atoms with van der Waals surface area (Å²) in [6.45, 7) is 0. The molecule has 34 heavy (non-hydrogen) atoms. The third kappa shape index (κ3) is 5.77. The normalized spacial score (nSPS) is 11.0. The fourth-order valence-electron chi connectivity index (χ4n) is 3.03. The second-order valence-electron chi connectivity index (χ2n) is 6.95. The van der Waals surface area contributed by atoms with Gasteiger partial charge in [0.1, 0.15) is 5.75 Å². The SMILES string of the molecule is COc1ccc(-c2nnc(SCC(=O)N/N=C/c3ccccc3Cl)n2-c2ccc(Cl)cc2)cc1. The number of carbonyl (C=O) groups is 1. The Morgan fingerprint density at radius 2 is 1.79 bits per heavy atom. The first-order chi connectivity index (χ1) is 16.5. The molecule has 0 saturated carbocycles. The van der Waals surface area contributed by atoms with Crippen LogP contribution in [0.5, 0.6) is 5.75 Å². The number of ether oxygens (including phenoxy) is 1. The first kappa shape index (κ1) is 23.8. The highest BCUT2D eigenvalue weighted by Gasteiger charge is 2.17. The van der Waals surface area contributed by atoms with Crippen molar-refractivity contribution in [1.82, 2.24) is 20.2 Å². The summed E-state index contributed by atoms with van der Waals surface area (Å²) >= 11 is 13.4. The molecule has 1 N–H and O–H groups in total. The number of hydrogen-bond donors (Lipinski definition) is 1. The lowest BCUT2D eigenvalue weighted by molar-refractivity contribution is -0.118. The maximum Gasteiger partial charge on any atom is 0.250 e. The van der Waals surface area contributed by atoms with E-state index >= 15 is 0 Å². The van der Waals surface area contributed by atoms with Gasteiger partial charge in [0.15, 0.2) is 11.0 Å². The van der Waals surface area contributed by atoms with Crippen LogP contribution in [0.4, 0.5) is 0 Å². The zero-order chi connectivity index (χ0) is 23.9. The molecule has 0 atom stereocenters. The number of hydrogen-bond acceptors (Lipinski definition) is 6. The van der Waals surface area contributed by atoms with Crippen LogP contribution >= 0.6 is 35.0 Å². The van der Waals surface area contributed by atoms with Crippen LogP contribution in [0.1, 0.15) is 5.56 Å². The Balaban J connectivity index is 1.53. The van der Waals surface area contributed by atoms with E-state index in [0.717, 1.165) is 17.0 Å². The van der Waals surface area contributed by atoms with Gasteiger partial charge in [0.05, 0.1) is 19.1 Å². The molecule has 4 aromatic rings. The fraction of sp³-hybridized carbons (Fsp3) is 0.0833. The lowest BCUT2D eigenvalue weighted by Crippen LogP contribution is -2.20. The molecule has 0 fully saturated rings. The molecule has 10 heteroatoms. The van der Waals surface area contributed by atoms with Crippen LogP contribution in [-0.4, -0.2) is 39.7 Å². The number of nitrogens with one attached hydrogen (secondary N) is 1. The Labute approximate surface area is 210 Å². The molecule has 0 saturated heterocycles. The quantitative estimate of drug-likeness (QED) is 0.192. The summed E-state index contributed by atoms with van der Waals surface area (Å²) in [7, 11) is 1.61. The molecule has 0 unspecified atom stereocenters. The summed E-state index contributed by atoms with van der Waals surface area (Å²) in [6, 6.07) is 22.1. The lowest BCUT2D eigenvalue weighted by atomic mass is 10.2. The van der Waals surface area contributed by atoms with Gasteiger partial charge in [-0.15, -0.1) is 10.2 Å². The molecule has 1 amide bonds. The maximum atomic E-state index is 12.4. The first-order valence-corrected chi connectivity index (χ1v) is 11.8. The van der Waals surface area contributed by atoms with Gasteiger partial charge in [-0.05, 0) is 54.6 Å². The number of benzene rings is 3. The second kappa shape index (κ2) is 11.2. The minimum absolute atomic E-state index is 0.0915. The van der Waals surface area contributed by atoms with E-state index < -0.39 is 0 Å². The number of amides is 1. The minimum atomic E-state index is -0.287. The van der Waals surface area contributed by atoms with Crippen LogP contribution in [0.3, 0.4) is 0 Å². The number of hydrazone groups is 1. The molecule has 1 aromatic heterocycles. The van der Waals surface area contributed by atoms with Gasteiger partial charge >= 0.3 is 0 Å². The first-order valence-electron chi connectivity index (χ1n) is 10.1. The Morgan fingerprint density at radius 3 is 2.50 bits per heavy atom. The molecular formula is C24H19Cl2N5O2S. The predicted molar refractivity (Wildman–Crippen MR) is 136 cm³/mol. The number of thioether (sulfide) groups is 1. The number of methoxy groups -OCH3 is 1. The highest BCUT2D eigenvalue weighted by molar-refractivity contribution is 7.99. The van der Waals surface area contributed by atoms with Crippen molar-refractivity contribution in [2.45, 2.75) is 5.16 Å². The van der Waals surface area contributed by atoms with Crippen molar-refractivity contribution in [1.29, 1.82) is 0 Å². The molecule has 4 rings (SSSR count).